The molecule has 0 saturated carbocycles. The fourth-order valence-electron chi connectivity index (χ4n) is 0.916. The maximum atomic E-state index is 11.8. The number of halogens is 3. The Morgan fingerprint density at radius 1 is 1.50 bits per heavy atom. The summed E-state index contributed by atoms with van der Waals surface area (Å²) in [6.45, 7) is -1.40. The number of hydrogen-bond acceptors (Lipinski definition) is 4. The Labute approximate surface area is 88.8 Å². The van der Waals surface area contributed by atoms with Crippen LogP contribution in [0.15, 0.2) is 18.3 Å². The van der Waals surface area contributed by atoms with Gasteiger partial charge in [-0.1, -0.05) is 0 Å². The normalized spacial score (nSPS) is 11.0. The number of hydrazine groups is 1. The number of amides is 1. The van der Waals surface area contributed by atoms with Gasteiger partial charge in [-0.15, -0.1) is 0 Å². The van der Waals surface area contributed by atoms with Gasteiger partial charge in [-0.3, -0.25) is 15.6 Å². The van der Waals surface area contributed by atoms with Crippen LogP contribution in [0.5, 0.6) is 0 Å². The predicted molar refractivity (Wildman–Crippen MR) is 50.4 cm³/mol. The van der Waals surface area contributed by atoms with Gasteiger partial charge in [0.15, 0.2) is 0 Å². The molecule has 0 fully saturated rings. The smallest absolute Gasteiger partial charge is 0.342 e. The van der Waals surface area contributed by atoms with E-state index in [0.717, 1.165) is 0 Å². The lowest BCUT2D eigenvalue weighted by atomic mass is 10.3. The third kappa shape index (κ3) is 3.73. The van der Waals surface area contributed by atoms with E-state index >= 15 is 0 Å². The van der Waals surface area contributed by atoms with Crippen molar-refractivity contribution >= 4 is 11.6 Å². The predicted octanol–water partition coefficient (Wildman–Crippen LogP) is 0.659. The molecule has 5 nitrogen and oxygen atoms in total. The van der Waals surface area contributed by atoms with Crippen LogP contribution in [0.25, 0.3) is 0 Å². The highest BCUT2D eigenvalue weighted by molar-refractivity contribution is 5.93. The zero-order valence-electron chi connectivity index (χ0n) is 8.01. The second-order valence-electron chi connectivity index (χ2n) is 2.87. The first-order valence-corrected chi connectivity index (χ1v) is 4.20. The van der Waals surface area contributed by atoms with E-state index in [-0.39, 0.29) is 5.69 Å². The second-order valence-corrected chi connectivity index (χ2v) is 2.87. The van der Waals surface area contributed by atoms with E-state index in [0.29, 0.717) is 5.69 Å². The zero-order valence-corrected chi connectivity index (χ0v) is 8.01. The minimum Gasteiger partial charge on any atom is -0.342 e. The van der Waals surface area contributed by atoms with Crippen molar-refractivity contribution in [3.63, 3.8) is 0 Å². The maximum absolute atomic E-state index is 11.8. The summed E-state index contributed by atoms with van der Waals surface area (Å²) in [5, 5.41) is 1.70. The third-order valence-corrected chi connectivity index (χ3v) is 1.61. The lowest BCUT2D eigenvalue weighted by Gasteiger charge is -2.08. The number of nitrogens with one attached hydrogen (secondary N) is 2. The fraction of sp³-hybridized carbons (Fsp3) is 0.250. The van der Waals surface area contributed by atoms with Crippen molar-refractivity contribution in [2.45, 2.75) is 6.18 Å². The first-order valence-electron chi connectivity index (χ1n) is 4.20. The number of carbonyl (C=O) groups is 1. The van der Waals surface area contributed by atoms with Gasteiger partial charge >= 0.3 is 6.18 Å². The summed E-state index contributed by atoms with van der Waals surface area (Å²) in [7, 11) is 0. The number of carbonyl (C=O) groups excluding carboxylic acids is 1. The van der Waals surface area contributed by atoms with Crippen molar-refractivity contribution in [3.8, 4) is 0 Å². The van der Waals surface area contributed by atoms with Crippen LogP contribution < -0.4 is 16.6 Å². The molecule has 0 radical (unpaired) electrons. The highest BCUT2D eigenvalue weighted by Gasteiger charge is 2.28. The summed E-state index contributed by atoms with van der Waals surface area (Å²) in [5.74, 6) is 4.16. The van der Waals surface area contributed by atoms with Crippen LogP contribution in [0, 0.1) is 0 Å². The SMILES string of the molecule is NNc1ccnc(C(=O)NCC(F)(F)F)c1. The van der Waals surface area contributed by atoms with E-state index in [2.05, 4.69) is 10.4 Å². The molecule has 1 rings (SSSR count). The summed E-state index contributed by atoms with van der Waals surface area (Å²) >= 11 is 0. The number of anilines is 1. The van der Waals surface area contributed by atoms with Crippen molar-refractivity contribution in [3.05, 3.63) is 24.0 Å². The standard InChI is InChI=1S/C8H9F3N4O/c9-8(10,11)4-14-7(16)6-3-5(15-12)1-2-13-6/h1-3H,4,12H2,(H,13,15)(H,14,16). The fourth-order valence-corrected chi connectivity index (χ4v) is 0.916. The summed E-state index contributed by atoms with van der Waals surface area (Å²) in [5.41, 5.74) is 2.49. The lowest BCUT2D eigenvalue weighted by Crippen LogP contribution is -2.34. The van der Waals surface area contributed by atoms with Crippen LogP contribution in [-0.4, -0.2) is 23.6 Å². The summed E-state index contributed by atoms with van der Waals surface area (Å²) in [4.78, 5) is 14.8. The Morgan fingerprint density at radius 2 is 2.19 bits per heavy atom. The average Bonchev–Trinajstić information content (AvgIpc) is 2.25. The first-order chi connectivity index (χ1) is 7.42. The van der Waals surface area contributed by atoms with Gasteiger partial charge in [-0.2, -0.15) is 13.2 Å². The molecule has 16 heavy (non-hydrogen) atoms. The quantitative estimate of drug-likeness (QED) is 0.530. The molecule has 0 bridgehead atoms. The first kappa shape index (κ1) is 12.2. The van der Waals surface area contributed by atoms with Gasteiger partial charge in [0.05, 0.1) is 5.69 Å². The number of nitrogens with zero attached hydrogens (tertiary/aromatic N) is 1. The highest BCUT2D eigenvalue weighted by Crippen LogP contribution is 2.13. The second kappa shape index (κ2) is 4.79. The van der Waals surface area contributed by atoms with Crippen LogP contribution in [0.4, 0.5) is 18.9 Å². The van der Waals surface area contributed by atoms with Gasteiger partial charge in [-0.25, -0.2) is 0 Å². The molecular formula is C8H9F3N4O. The van der Waals surface area contributed by atoms with E-state index in [1.165, 1.54) is 18.3 Å². The van der Waals surface area contributed by atoms with Crippen LogP contribution in [-0.2, 0) is 0 Å². The van der Waals surface area contributed by atoms with E-state index in [4.69, 9.17) is 5.84 Å². The molecule has 1 amide bonds. The zero-order chi connectivity index (χ0) is 12.2. The largest absolute Gasteiger partial charge is 0.405 e. The summed E-state index contributed by atoms with van der Waals surface area (Å²) in [6, 6.07) is 2.71. The van der Waals surface area contributed by atoms with E-state index in [1.807, 2.05) is 0 Å². The van der Waals surface area contributed by atoms with E-state index in [9.17, 15) is 18.0 Å². The number of nitrogen functional groups attached to an aromatic ring is 1. The van der Waals surface area contributed by atoms with Gasteiger partial charge < -0.3 is 10.7 Å². The number of hydrogen-bond donors (Lipinski definition) is 3. The molecule has 1 aromatic heterocycles. The Kier molecular flexibility index (Phi) is 3.67. The molecule has 0 aliphatic carbocycles. The molecule has 4 N–H and O–H groups in total. The topological polar surface area (TPSA) is 80.0 Å². The number of nitrogens with two attached hydrogens (primary N) is 1. The number of aromatic nitrogens is 1. The lowest BCUT2D eigenvalue weighted by molar-refractivity contribution is -0.123. The molecule has 0 aliphatic heterocycles. The van der Waals surface area contributed by atoms with Crippen LogP contribution in [0.2, 0.25) is 0 Å². The Hall–Kier alpha value is -1.83. The van der Waals surface area contributed by atoms with Crippen molar-refractivity contribution in [2.24, 2.45) is 5.84 Å². The number of pyridine rings is 1. The monoisotopic (exact) mass is 234 g/mol. The van der Waals surface area contributed by atoms with Gasteiger partial charge in [0.25, 0.3) is 5.91 Å². The van der Waals surface area contributed by atoms with E-state index in [1.54, 1.807) is 5.32 Å². The summed E-state index contributed by atoms with van der Waals surface area (Å²) in [6.07, 6.45) is -3.18. The molecule has 0 spiro atoms. The highest BCUT2D eigenvalue weighted by atomic mass is 19.4. The minimum atomic E-state index is -4.45. The van der Waals surface area contributed by atoms with Crippen molar-refractivity contribution < 1.29 is 18.0 Å². The van der Waals surface area contributed by atoms with Crippen molar-refractivity contribution in [2.75, 3.05) is 12.0 Å². The Bertz CT molecular complexity index is 380. The molecule has 0 aliphatic rings. The molecular weight excluding hydrogens is 225 g/mol. The molecule has 0 atom stereocenters. The van der Waals surface area contributed by atoms with Crippen LogP contribution in [0.1, 0.15) is 10.5 Å². The molecule has 1 heterocycles. The Morgan fingerprint density at radius 3 is 2.75 bits per heavy atom. The average molecular weight is 234 g/mol. The van der Waals surface area contributed by atoms with Gasteiger partial charge in [-0.05, 0) is 12.1 Å². The maximum Gasteiger partial charge on any atom is 0.405 e. The molecule has 0 aromatic carbocycles. The van der Waals surface area contributed by atoms with Gasteiger partial charge in [0, 0.05) is 6.20 Å². The third-order valence-electron chi connectivity index (χ3n) is 1.61. The number of alkyl halides is 3. The van der Waals surface area contributed by atoms with E-state index < -0.39 is 18.6 Å². The molecule has 0 saturated heterocycles. The van der Waals surface area contributed by atoms with Crippen LogP contribution >= 0.6 is 0 Å². The van der Waals surface area contributed by atoms with Crippen molar-refractivity contribution in [1.82, 2.24) is 10.3 Å². The van der Waals surface area contributed by atoms with Crippen LogP contribution in [0.3, 0.4) is 0 Å². The minimum absolute atomic E-state index is 0.139. The summed E-state index contributed by atoms with van der Waals surface area (Å²) < 4.78 is 35.4. The van der Waals surface area contributed by atoms with Gasteiger partial charge in [0.1, 0.15) is 12.2 Å². The van der Waals surface area contributed by atoms with Crippen molar-refractivity contribution in [1.29, 1.82) is 0 Å². The van der Waals surface area contributed by atoms with Gasteiger partial charge in [0.2, 0.25) is 0 Å². The molecule has 88 valence electrons. The molecule has 1 aromatic rings. The molecule has 0 unspecified atom stereocenters. The molecule has 8 heteroatoms. The Balaban J connectivity index is 2.66. The number of rotatable bonds is 3.